The number of hydrogen-bond acceptors (Lipinski definition) is 3. The molecule has 1 aliphatic rings. The van der Waals surface area contributed by atoms with E-state index in [1.54, 1.807) is 0 Å². The fraction of sp³-hybridized carbons (Fsp3) is 0.643. The van der Waals surface area contributed by atoms with Crippen molar-refractivity contribution in [2.45, 2.75) is 103 Å². The lowest BCUT2D eigenvalue weighted by molar-refractivity contribution is 0.0550. The van der Waals surface area contributed by atoms with Crippen LogP contribution >= 0.6 is 0 Å². The highest BCUT2D eigenvalue weighted by Gasteiger charge is 2.43. The zero-order valence-electron chi connectivity index (χ0n) is 21.3. The first-order valence-electron chi connectivity index (χ1n) is 12.4. The summed E-state index contributed by atoms with van der Waals surface area (Å²) in [4.78, 5) is 0. The minimum Gasteiger partial charge on any atom is -0.491 e. The SMILES string of the molecule is C=CC[C@]1(CCCC)C(CCC(COc2ccccc2)O[Si](C)(C)C(C)(C)C)=CC[C@@H]1O. The van der Waals surface area contributed by atoms with E-state index in [4.69, 9.17) is 9.16 Å². The van der Waals surface area contributed by atoms with Gasteiger partial charge >= 0.3 is 0 Å². The van der Waals surface area contributed by atoms with Gasteiger partial charge in [0.05, 0.1) is 12.2 Å². The maximum atomic E-state index is 10.9. The summed E-state index contributed by atoms with van der Waals surface area (Å²) < 4.78 is 13.0. The third kappa shape index (κ3) is 6.82. The van der Waals surface area contributed by atoms with Crippen molar-refractivity contribution in [1.29, 1.82) is 0 Å². The number of aliphatic hydroxyl groups excluding tert-OH is 1. The lowest BCUT2D eigenvalue weighted by Gasteiger charge is -2.40. The minimum atomic E-state index is -1.93. The van der Waals surface area contributed by atoms with E-state index in [1.807, 2.05) is 36.4 Å². The first kappa shape index (κ1) is 26.9. The number of allylic oxidation sites excluding steroid dienone is 1. The third-order valence-corrected chi connectivity index (χ3v) is 12.1. The van der Waals surface area contributed by atoms with Crippen LogP contribution in [0.3, 0.4) is 0 Å². The van der Waals surface area contributed by atoms with Crippen LogP contribution in [-0.4, -0.2) is 32.2 Å². The zero-order valence-corrected chi connectivity index (χ0v) is 22.3. The Bertz CT molecular complexity index is 735. The molecule has 1 aromatic carbocycles. The molecule has 0 fully saturated rings. The van der Waals surface area contributed by atoms with Crippen molar-refractivity contribution in [1.82, 2.24) is 0 Å². The van der Waals surface area contributed by atoms with Crippen LogP contribution in [0.5, 0.6) is 5.75 Å². The fourth-order valence-corrected chi connectivity index (χ4v) is 5.86. The van der Waals surface area contributed by atoms with E-state index in [2.05, 4.69) is 53.4 Å². The molecule has 0 aromatic heterocycles. The van der Waals surface area contributed by atoms with E-state index in [0.717, 1.165) is 50.7 Å². The molecule has 1 aromatic rings. The number of ether oxygens (including phenoxy) is 1. The molecule has 0 bridgehead atoms. The summed E-state index contributed by atoms with van der Waals surface area (Å²) in [5.41, 5.74) is 1.24. The van der Waals surface area contributed by atoms with E-state index >= 15 is 0 Å². The van der Waals surface area contributed by atoms with Gasteiger partial charge in [0.2, 0.25) is 0 Å². The molecule has 4 heteroatoms. The second kappa shape index (κ2) is 11.7. The van der Waals surface area contributed by atoms with Gasteiger partial charge in [0.25, 0.3) is 0 Å². The van der Waals surface area contributed by atoms with Gasteiger partial charge in [-0.2, -0.15) is 0 Å². The molecule has 1 aliphatic carbocycles. The molecule has 0 saturated heterocycles. The van der Waals surface area contributed by atoms with Gasteiger partial charge in [-0.05, 0) is 62.4 Å². The predicted octanol–water partition coefficient (Wildman–Crippen LogP) is 7.68. The number of rotatable bonds is 13. The molecule has 1 unspecified atom stereocenters. The molecule has 180 valence electrons. The van der Waals surface area contributed by atoms with Crippen molar-refractivity contribution in [3.8, 4) is 5.75 Å². The minimum absolute atomic E-state index is 0.0300. The summed E-state index contributed by atoms with van der Waals surface area (Å²) in [7, 11) is -1.93. The number of hydrogen-bond donors (Lipinski definition) is 1. The summed E-state index contributed by atoms with van der Waals surface area (Å²) in [5, 5.41) is 11.1. The van der Waals surface area contributed by atoms with Crippen LogP contribution in [0, 0.1) is 5.41 Å². The zero-order chi connectivity index (χ0) is 23.8. The molecule has 0 spiro atoms. The first-order chi connectivity index (χ1) is 15.1. The highest BCUT2D eigenvalue weighted by Crippen LogP contribution is 2.49. The molecule has 3 nitrogen and oxygen atoms in total. The molecule has 0 aliphatic heterocycles. The van der Waals surface area contributed by atoms with Crippen molar-refractivity contribution in [2.24, 2.45) is 5.41 Å². The summed E-state index contributed by atoms with van der Waals surface area (Å²) in [6.45, 7) is 18.2. The van der Waals surface area contributed by atoms with E-state index in [0.29, 0.717) is 6.61 Å². The highest BCUT2D eigenvalue weighted by molar-refractivity contribution is 6.74. The van der Waals surface area contributed by atoms with Gasteiger partial charge in [-0.1, -0.05) is 76.5 Å². The van der Waals surface area contributed by atoms with Crippen molar-refractivity contribution < 1.29 is 14.3 Å². The molecule has 0 amide bonds. The van der Waals surface area contributed by atoms with E-state index in [9.17, 15) is 5.11 Å². The van der Waals surface area contributed by atoms with Crippen molar-refractivity contribution >= 4 is 8.32 Å². The Kier molecular flexibility index (Phi) is 9.80. The van der Waals surface area contributed by atoms with Gasteiger partial charge in [0, 0.05) is 5.41 Å². The molecule has 3 atom stereocenters. The Hall–Kier alpha value is -1.36. The second-order valence-electron chi connectivity index (χ2n) is 10.9. The van der Waals surface area contributed by atoms with Gasteiger partial charge in [0.15, 0.2) is 8.32 Å². The number of unbranched alkanes of at least 4 members (excludes halogenated alkanes) is 1. The highest BCUT2D eigenvalue weighted by atomic mass is 28.4. The lowest BCUT2D eigenvalue weighted by Crippen LogP contribution is -2.45. The Balaban J connectivity index is 2.15. The fourth-order valence-electron chi connectivity index (χ4n) is 4.49. The van der Waals surface area contributed by atoms with Crippen molar-refractivity contribution in [3.05, 3.63) is 54.6 Å². The van der Waals surface area contributed by atoms with E-state index in [1.165, 1.54) is 5.57 Å². The smallest absolute Gasteiger partial charge is 0.192 e. The summed E-state index contributed by atoms with van der Waals surface area (Å²) in [5.74, 6) is 0.885. The number of aliphatic hydroxyl groups is 1. The quantitative estimate of drug-likeness (QED) is 0.243. The average Bonchev–Trinajstić information content (AvgIpc) is 3.04. The molecule has 32 heavy (non-hydrogen) atoms. The van der Waals surface area contributed by atoms with Crippen LogP contribution in [-0.2, 0) is 4.43 Å². The molecule has 0 saturated carbocycles. The Morgan fingerprint density at radius 1 is 1.25 bits per heavy atom. The number of para-hydroxylation sites is 1. The third-order valence-electron chi connectivity index (χ3n) is 7.53. The maximum absolute atomic E-state index is 10.9. The Morgan fingerprint density at radius 2 is 1.94 bits per heavy atom. The number of benzene rings is 1. The monoisotopic (exact) mass is 458 g/mol. The topological polar surface area (TPSA) is 38.7 Å². The molecular formula is C28H46O3Si. The van der Waals surface area contributed by atoms with Gasteiger partial charge in [-0.3, -0.25) is 0 Å². The van der Waals surface area contributed by atoms with Gasteiger partial charge in [-0.25, -0.2) is 0 Å². The summed E-state index contributed by atoms with van der Waals surface area (Å²) in [6, 6.07) is 10.0. The Labute approximate surface area is 198 Å². The van der Waals surface area contributed by atoms with Crippen LogP contribution < -0.4 is 4.74 Å². The predicted molar refractivity (Wildman–Crippen MR) is 139 cm³/mol. The van der Waals surface area contributed by atoms with E-state index in [-0.39, 0.29) is 22.7 Å². The van der Waals surface area contributed by atoms with Gasteiger partial charge in [-0.15, -0.1) is 6.58 Å². The van der Waals surface area contributed by atoms with Crippen LogP contribution in [0.4, 0.5) is 0 Å². The van der Waals surface area contributed by atoms with Gasteiger partial charge in [0.1, 0.15) is 12.4 Å². The van der Waals surface area contributed by atoms with Crippen LogP contribution in [0.25, 0.3) is 0 Å². The first-order valence-corrected chi connectivity index (χ1v) is 15.3. The molecule has 1 N–H and O–H groups in total. The van der Waals surface area contributed by atoms with Gasteiger partial charge < -0.3 is 14.3 Å². The molecule has 0 radical (unpaired) electrons. The molecule has 2 rings (SSSR count). The maximum Gasteiger partial charge on any atom is 0.192 e. The molecular weight excluding hydrogens is 412 g/mol. The lowest BCUT2D eigenvalue weighted by atomic mass is 9.71. The van der Waals surface area contributed by atoms with Crippen LogP contribution in [0.1, 0.15) is 72.6 Å². The van der Waals surface area contributed by atoms with Crippen molar-refractivity contribution in [3.63, 3.8) is 0 Å². The van der Waals surface area contributed by atoms with E-state index < -0.39 is 8.32 Å². The molecule has 0 heterocycles. The largest absolute Gasteiger partial charge is 0.491 e. The van der Waals surface area contributed by atoms with Crippen LogP contribution in [0.15, 0.2) is 54.6 Å². The summed E-state index contributed by atoms with van der Waals surface area (Å²) in [6.07, 6.45) is 10.7. The normalized spacial score (nSPS) is 22.5. The second-order valence-corrected chi connectivity index (χ2v) is 15.7. The van der Waals surface area contributed by atoms with Crippen molar-refractivity contribution in [2.75, 3.05) is 6.61 Å². The van der Waals surface area contributed by atoms with Crippen LogP contribution in [0.2, 0.25) is 18.1 Å². The Morgan fingerprint density at radius 3 is 2.53 bits per heavy atom. The average molecular weight is 459 g/mol. The summed E-state index contributed by atoms with van der Waals surface area (Å²) >= 11 is 0. The standard InChI is InChI=1S/C28H46O3Si/c1-8-10-21-28(20-9-2)23(17-19-26(28)29)16-18-25(31-32(6,7)27(3,4)5)22-30-24-14-12-11-13-15-24/h9,11-15,17,25-26,29H,2,8,10,16,18-22H2,1,3-7H3/t25?,26-,28-/m0/s1.